The number of carbonyl (C=O) groups excluding carboxylic acids is 2. The van der Waals surface area contributed by atoms with Crippen LogP contribution in [-0.4, -0.2) is 31.2 Å². The number of hydrogen-bond donors (Lipinski definition) is 3. The molecule has 0 radical (unpaired) electrons. The topological polar surface area (TPSA) is 96.9 Å². The summed E-state index contributed by atoms with van der Waals surface area (Å²) < 4.78 is 10.5. The summed E-state index contributed by atoms with van der Waals surface area (Å²) in [7, 11) is 3.15. The van der Waals surface area contributed by atoms with Gasteiger partial charge < -0.3 is 14.8 Å². The van der Waals surface area contributed by atoms with Gasteiger partial charge in [0.05, 0.1) is 25.5 Å². The molecule has 0 spiro atoms. The van der Waals surface area contributed by atoms with Gasteiger partial charge in [-0.05, 0) is 42.2 Å². The molecule has 1 aliphatic rings. The Balaban J connectivity index is 1.72. The summed E-state index contributed by atoms with van der Waals surface area (Å²) in [6, 6.07) is 12.1. The summed E-state index contributed by atoms with van der Waals surface area (Å²) in [4.78, 5) is 24.2. The number of rotatable bonds is 6. The summed E-state index contributed by atoms with van der Waals surface area (Å²) in [5.41, 5.74) is 3.15. The van der Waals surface area contributed by atoms with E-state index in [1.807, 2.05) is 18.2 Å². The number of carbonyl (C=O) groups is 2. The highest BCUT2D eigenvalue weighted by atomic mass is 16.5. The molecule has 2 amide bonds. The van der Waals surface area contributed by atoms with Gasteiger partial charge in [-0.1, -0.05) is 18.2 Å². The average molecular weight is 356 g/mol. The number of benzene rings is 2. The van der Waals surface area contributed by atoms with Crippen molar-refractivity contribution in [3.63, 3.8) is 0 Å². The van der Waals surface area contributed by atoms with Crippen molar-refractivity contribution in [3.8, 4) is 11.5 Å². The van der Waals surface area contributed by atoms with Gasteiger partial charge >= 0.3 is 0 Å². The predicted octanol–water partition coefficient (Wildman–Crippen LogP) is 2.57. The monoisotopic (exact) mass is 356 g/mol. The van der Waals surface area contributed by atoms with Crippen molar-refractivity contribution in [2.24, 2.45) is 5.92 Å². The van der Waals surface area contributed by atoms with Crippen LogP contribution in [0.3, 0.4) is 0 Å². The second-order valence-corrected chi connectivity index (χ2v) is 6.04. The van der Waals surface area contributed by atoms with Crippen molar-refractivity contribution in [3.05, 3.63) is 53.6 Å². The van der Waals surface area contributed by atoms with Crippen LogP contribution < -0.4 is 20.3 Å². The first-order valence-corrected chi connectivity index (χ1v) is 8.15. The van der Waals surface area contributed by atoms with E-state index in [0.29, 0.717) is 17.2 Å². The molecule has 1 aliphatic carbocycles. The molecule has 0 bridgehead atoms. The standard InChI is InChI=1S/C19H20N2O5/c1-25-16-8-7-11(9-17(16)26-2)13-10-14(13)18(22)20-15-6-4-3-5-12(15)19(23)21-24/h3-9,13-14,24H,10H2,1-2H3,(H,20,22)(H,21,23). The highest BCUT2D eigenvalue weighted by Gasteiger charge is 2.44. The number of hydrogen-bond acceptors (Lipinski definition) is 5. The summed E-state index contributed by atoms with van der Waals surface area (Å²) >= 11 is 0. The molecule has 136 valence electrons. The van der Waals surface area contributed by atoms with Crippen LogP contribution in [0.2, 0.25) is 0 Å². The predicted molar refractivity (Wildman–Crippen MR) is 94.7 cm³/mol. The summed E-state index contributed by atoms with van der Waals surface area (Å²) in [5.74, 6) is 0.339. The quantitative estimate of drug-likeness (QED) is 0.546. The summed E-state index contributed by atoms with van der Waals surface area (Å²) in [5, 5.41) is 11.6. The Bertz CT molecular complexity index is 836. The molecule has 0 saturated heterocycles. The van der Waals surface area contributed by atoms with E-state index < -0.39 is 5.91 Å². The lowest BCUT2D eigenvalue weighted by atomic mass is 10.1. The highest BCUT2D eigenvalue weighted by Crippen LogP contribution is 2.49. The fourth-order valence-corrected chi connectivity index (χ4v) is 3.01. The molecule has 7 nitrogen and oxygen atoms in total. The van der Waals surface area contributed by atoms with Crippen molar-refractivity contribution >= 4 is 17.5 Å². The molecule has 0 aliphatic heterocycles. The van der Waals surface area contributed by atoms with E-state index >= 15 is 0 Å². The fraction of sp³-hybridized carbons (Fsp3) is 0.263. The smallest absolute Gasteiger partial charge is 0.276 e. The molecule has 2 aromatic rings. The Morgan fingerprint density at radius 2 is 1.81 bits per heavy atom. The van der Waals surface area contributed by atoms with Gasteiger partial charge in [-0.2, -0.15) is 0 Å². The molecule has 7 heteroatoms. The number of nitrogens with one attached hydrogen (secondary N) is 2. The summed E-state index contributed by atoms with van der Waals surface area (Å²) in [6.07, 6.45) is 0.718. The second-order valence-electron chi connectivity index (χ2n) is 6.04. The number of hydroxylamine groups is 1. The number of amides is 2. The Labute approximate surface area is 150 Å². The molecular formula is C19H20N2O5. The molecule has 2 unspecified atom stereocenters. The Morgan fingerprint density at radius 1 is 1.08 bits per heavy atom. The van der Waals surface area contributed by atoms with Crippen LogP contribution >= 0.6 is 0 Å². The van der Waals surface area contributed by atoms with E-state index in [1.54, 1.807) is 37.9 Å². The lowest BCUT2D eigenvalue weighted by molar-refractivity contribution is -0.117. The van der Waals surface area contributed by atoms with Crippen molar-refractivity contribution in [2.45, 2.75) is 12.3 Å². The van der Waals surface area contributed by atoms with Crippen LogP contribution in [0.4, 0.5) is 5.69 Å². The van der Waals surface area contributed by atoms with E-state index in [2.05, 4.69) is 5.32 Å². The minimum atomic E-state index is -0.673. The molecule has 3 N–H and O–H groups in total. The normalized spacial score (nSPS) is 18.0. The van der Waals surface area contributed by atoms with Crippen molar-refractivity contribution in [1.82, 2.24) is 5.48 Å². The number of para-hydroxylation sites is 1. The maximum atomic E-state index is 12.5. The van der Waals surface area contributed by atoms with Gasteiger partial charge in [0.1, 0.15) is 0 Å². The van der Waals surface area contributed by atoms with E-state index in [4.69, 9.17) is 14.7 Å². The van der Waals surface area contributed by atoms with Crippen LogP contribution in [0.25, 0.3) is 0 Å². The third-order valence-electron chi connectivity index (χ3n) is 4.49. The zero-order chi connectivity index (χ0) is 18.7. The largest absolute Gasteiger partial charge is 0.493 e. The molecule has 0 heterocycles. The summed E-state index contributed by atoms with van der Waals surface area (Å²) in [6.45, 7) is 0. The molecule has 1 fully saturated rings. The average Bonchev–Trinajstić information content (AvgIpc) is 3.48. The van der Waals surface area contributed by atoms with Gasteiger partial charge in [0.15, 0.2) is 11.5 Å². The molecular weight excluding hydrogens is 336 g/mol. The SMILES string of the molecule is COc1ccc(C2CC2C(=O)Nc2ccccc2C(=O)NO)cc1OC. The maximum Gasteiger partial charge on any atom is 0.276 e. The van der Waals surface area contributed by atoms with Gasteiger partial charge in [-0.25, -0.2) is 5.48 Å². The minimum absolute atomic E-state index is 0.0913. The lowest BCUT2D eigenvalue weighted by Gasteiger charge is -2.11. The van der Waals surface area contributed by atoms with Crippen LogP contribution in [0, 0.1) is 5.92 Å². The van der Waals surface area contributed by atoms with E-state index in [0.717, 1.165) is 12.0 Å². The van der Waals surface area contributed by atoms with Crippen LogP contribution in [0.1, 0.15) is 28.3 Å². The molecule has 0 aromatic heterocycles. The fourth-order valence-electron chi connectivity index (χ4n) is 3.01. The van der Waals surface area contributed by atoms with Crippen LogP contribution in [0.5, 0.6) is 11.5 Å². The highest BCUT2D eigenvalue weighted by molar-refractivity contribution is 6.04. The second kappa shape index (κ2) is 7.45. The van der Waals surface area contributed by atoms with E-state index in [9.17, 15) is 9.59 Å². The first kappa shape index (κ1) is 17.8. The van der Waals surface area contributed by atoms with Crippen molar-refractivity contribution in [2.75, 3.05) is 19.5 Å². The first-order chi connectivity index (χ1) is 12.6. The van der Waals surface area contributed by atoms with Gasteiger partial charge in [-0.3, -0.25) is 14.8 Å². The van der Waals surface area contributed by atoms with Gasteiger partial charge in [0.25, 0.3) is 5.91 Å². The Morgan fingerprint density at radius 3 is 2.50 bits per heavy atom. The zero-order valence-corrected chi connectivity index (χ0v) is 14.5. The third-order valence-corrected chi connectivity index (χ3v) is 4.49. The van der Waals surface area contributed by atoms with E-state index in [1.165, 1.54) is 6.07 Å². The van der Waals surface area contributed by atoms with Crippen LogP contribution in [0.15, 0.2) is 42.5 Å². The van der Waals surface area contributed by atoms with Crippen molar-refractivity contribution < 1.29 is 24.3 Å². The molecule has 1 saturated carbocycles. The maximum absolute atomic E-state index is 12.5. The van der Waals surface area contributed by atoms with Gasteiger partial charge in [-0.15, -0.1) is 0 Å². The number of anilines is 1. The third kappa shape index (κ3) is 3.48. The van der Waals surface area contributed by atoms with Crippen LogP contribution in [-0.2, 0) is 4.79 Å². The zero-order valence-electron chi connectivity index (χ0n) is 14.5. The van der Waals surface area contributed by atoms with E-state index in [-0.39, 0.29) is 23.3 Å². The molecule has 26 heavy (non-hydrogen) atoms. The lowest BCUT2D eigenvalue weighted by Crippen LogP contribution is -2.22. The minimum Gasteiger partial charge on any atom is -0.493 e. The Kier molecular flexibility index (Phi) is 5.09. The number of methoxy groups -OCH3 is 2. The van der Waals surface area contributed by atoms with Gasteiger partial charge in [0.2, 0.25) is 5.91 Å². The van der Waals surface area contributed by atoms with Gasteiger partial charge in [0, 0.05) is 5.92 Å². The number of ether oxygens (including phenoxy) is 2. The molecule has 2 atom stereocenters. The Hall–Kier alpha value is -3.06. The van der Waals surface area contributed by atoms with Crippen molar-refractivity contribution in [1.29, 1.82) is 0 Å². The molecule has 3 rings (SSSR count). The first-order valence-electron chi connectivity index (χ1n) is 8.15. The molecule has 2 aromatic carbocycles.